The zero-order chi connectivity index (χ0) is 16.1. The van der Waals surface area contributed by atoms with Gasteiger partial charge in [-0.3, -0.25) is 14.6 Å². The predicted octanol–water partition coefficient (Wildman–Crippen LogP) is 1.30. The molecule has 23 heavy (non-hydrogen) atoms. The van der Waals surface area contributed by atoms with Crippen LogP contribution in [0.5, 0.6) is 0 Å². The molecule has 122 valence electrons. The Labute approximate surface area is 138 Å². The number of nitrogens with zero attached hydrogens (tertiary/aromatic N) is 4. The number of amides is 1. The van der Waals surface area contributed by atoms with E-state index >= 15 is 0 Å². The van der Waals surface area contributed by atoms with E-state index in [4.69, 9.17) is 0 Å². The van der Waals surface area contributed by atoms with Crippen LogP contribution in [0.3, 0.4) is 0 Å². The number of carbonyl (C=O) groups is 1. The number of hydrogen-bond acceptors (Lipinski definition) is 4. The van der Waals surface area contributed by atoms with Crippen LogP contribution < -0.4 is 0 Å². The smallest absolute Gasteiger partial charge is 0.236 e. The summed E-state index contributed by atoms with van der Waals surface area (Å²) in [6.45, 7) is 7.00. The number of carbonyl (C=O) groups excluding carboxylic acids is 1. The summed E-state index contributed by atoms with van der Waals surface area (Å²) in [6.07, 6.45) is 2.30. The standard InChI is InChI=1S/C18H24N4O/c19-13-16-5-1-2-6-17(16)14-20-9-11-21(12-10-20)15-18(23)22-7-3-4-8-22/h1-2,5-6H,3-4,7-12,14-15H2. The molecule has 2 fully saturated rings. The van der Waals surface area contributed by atoms with Crippen LogP contribution in [-0.4, -0.2) is 66.4 Å². The van der Waals surface area contributed by atoms with E-state index in [0.717, 1.165) is 69.8 Å². The number of rotatable bonds is 4. The number of piperazine rings is 1. The fourth-order valence-corrected chi connectivity index (χ4v) is 3.37. The third-order valence-corrected chi connectivity index (χ3v) is 4.81. The summed E-state index contributed by atoms with van der Waals surface area (Å²) in [6, 6.07) is 10.1. The summed E-state index contributed by atoms with van der Waals surface area (Å²) in [5.41, 5.74) is 1.86. The molecule has 0 unspecified atom stereocenters. The highest BCUT2D eigenvalue weighted by molar-refractivity contribution is 5.78. The van der Waals surface area contributed by atoms with Gasteiger partial charge in [0.15, 0.2) is 0 Å². The molecule has 1 amide bonds. The first-order valence-corrected chi connectivity index (χ1v) is 8.47. The Bertz CT molecular complexity index is 581. The highest BCUT2D eigenvalue weighted by atomic mass is 16.2. The lowest BCUT2D eigenvalue weighted by Crippen LogP contribution is -2.49. The third kappa shape index (κ3) is 4.10. The van der Waals surface area contributed by atoms with Crippen molar-refractivity contribution in [2.75, 3.05) is 45.8 Å². The molecule has 2 aliphatic heterocycles. The number of likely N-dealkylation sites (tertiary alicyclic amines) is 1. The van der Waals surface area contributed by atoms with Gasteiger partial charge in [0, 0.05) is 45.8 Å². The minimum Gasteiger partial charge on any atom is -0.342 e. The Morgan fingerprint density at radius 2 is 1.65 bits per heavy atom. The second-order valence-electron chi connectivity index (χ2n) is 6.41. The lowest BCUT2D eigenvalue weighted by atomic mass is 10.1. The molecule has 0 radical (unpaired) electrons. The molecule has 0 spiro atoms. The van der Waals surface area contributed by atoms with Gasteiger partial charge >= 0.3 is 0 Å². The number of nitriles is 1. The maximum absolute atomic E-state index is 12.2. The van der Waals surface area contributed by atoms with E-state index in [1.807, 2.05) is 29.2 Å². The van der Waals surface area contributed by atoms with Crippen molar-refractivity contribution in [2.24, 2.45) is 0 Å². The monoisotopic (exact) mass is 312 g/mol. The van der Waals surface area contributed by atoms with Crippen molar-refractivity contribution in [3.8, 4) is 6.07 Å². The molecule has 1 aromatic rings. The third-order valence-electron chi connectivity index (χ3n) is 4.81. The molecule has 0 bridgehead atoms. The maximum atomic E-state index is 12.2. The van der Waals surface area contributed by atoms with E-state index in [2.05, 4.69) is 15.9 Å². The zero-order valence-electron chi connectivity index (χ0n) is 13.6. The summed E-state index contributed by atoms with van der Waals surface area (Å²) in [4.78, 5) is 18.8. The van der Waals surface area contributed by atoms with Gasteiger partial charge in [-0.25, -0.2) is 0 Å². The first kappa shape index (κ1) is 16.0. The Balaban J connectivity index is 1.47. The van der Waals surface area contributed by atoms with Crippen molar-refractivity contribution in [1.29, 1.82) is 5.26 Å². The Morgan fingerprint density at radius 3 is 2.35 bits per heavy atom. The molecule has 2 heterocycles. The number of hydrogen-bond donors (Lipinski definition) is 0. The van der Waals surface area contributed by atoms with Gasteiger partial charge in [-0.2, -0.15) is 5.26 Å². The second-order valence-corrected chi connectivity index (χ2v) is 6.41. The largest absolute Gasteiger partial charge is 0.342 e. The quantitative estimate of drug-likeness (QED) is 0.841. The summed E-state index contributed by atoms with van der Waals surface area (Å²) in [5, 5.41) is 9.17. The van der Waals surface area contributed by atoms with E-state index in [1.54, 1.807) is 0 Å². The molecule has 0 aliphatic carbocycles. The van der Waals surface area contributed by atoms with E-state index in [0.29, 0.717) is 6.54 Å². The van der Waals surface area contributed by atoms with Gasteiger partial charge in [0.2, 0.25) is 5.91 Å². The topological polar surface area (TPSA) is 50.6 Å². The van der Waals surface area contributed by atoms with Crippen molar-refractivity contribution in [3.63, 3.8) is 0 Å². The van der Waals surface area contributed by atoms with Crippen molar-refractivity contribution in [1.82, 2.24) is 14.7 Å². The van der Waals surface area contributed by atoms with Crippen molar-refractivity contribution < 1.29 is 4.79 Å². The summed E-state index contributed by atoms with van der Waals surface area (Å²) < 4.78 is 0. The first-order chi connectivity index (χ1) is 11.3. The Hall–Kier alpha value is -1.90. The molecule has 0 N–H and O–H groups in total. The molecule has 5 nitrogen and oxygen atoms in total. The highest BCUT2D eigenvalue weighted by Gasteiger charge is 2.23. The minimum atomic E-state index is 0.283. The molecule has 3 rings (SSSR count). The highest BCUT2D eigenvalue weighted by Crippen LogP contribution is 2.13. The van der Waals surface area contributed by atoms with Gasteiger partial charge in [0.1, 0.15) is 0 Å². The van der Waals surface area contributed by atoms with Crippen LogP contribution >= 0.6 is 0 Å². The molecule has 2 saturated heterocycles. The van der Waals surface area contributed by atoms with Crippen LogP contribution in [-0.2, 0) is 11.3 Å². The van der Waals surface area contributed by atoms with Crippen molar-refractivity contribution >= 4 is 5.91 Å². The number of benzene rings is 1. The molecular weight excluding hydrogens is 288 g/mol. The van der Waals surface area contributed by atoms with Gasteiger partial charge in [-0.1, -0.05) is 18.2 Å². The summed E-state index contributed by atoms with van der Waals surface area (Å²) in [5.74, 6) is 0.283. The van der Waals surface area contributed by atoms with E-state index in [9.17, 15) is 10.1 Å². The van der Waals surface area contributed by atoms with E-state index in [1.165, 1.54) is 0 Å². The lowest BCUT2D eigenvalue weighted by molar-refractivity contribution is -0.131. The molecule has 0 atom stereocenters. The maximum Gasteiger partial charge on any atom is 0.236 e. The molecule has 0 saturated carbocycles. The average Bonchev–Trinajstić information content (AvgIpc) is 3.12. The fraction of sp³-hybridized carbons (Fsp3) is 0.556. The van der Waals surface area contributed by atoms with E-state index in [-0.39, 0.29) is 5.91 Å². The first-order valence-electron chi connectivity index (χ1n) is 8.47. The molecule has 1 aromatic carbocycles. The SMILES string of the molecule is N#Cc1ccccc1CN1CCN(CC(=O)N2CCCC2)CC1. The summed E-state index contributed by atoms with van der Waals surface area (Å²) in [7, 11) is 0. The van der Waals surface area contributed by atoms with Crippen molar-refractivity contribution in [3.05, 3.63) is 35.4 Å². The Kier molecular flexibility index (Phi) is 5.27. The van der Waals surface area contributed by atoms with Gasteiger partial charge in [-0.05, 0) is 24.5 Å². The van der Waals surface area contributed by atoms with Gasteiger partial charge in [0.05, 0.1) is 18.2 Å². The van der Waals surface area contributed by atoms with Crippen molar-refractivity contribution in [2.45, 2.75) is 19.4 Å². The van der Waals surface area contributed by atoms with Gasteiger partial charge in [-0.15, -0.1) is 0 Å². The molecule has 2 aliphatic rings. The minimum absolute atomic E-state index is 0.283. The molecule has 0 aromatic heterocycles. The fourth-order valence-electron chi connectivity index (χ4n) is 3.37. The van der Waals surface area contributed by atoms with Crippen LogP contribution in [0.25, 0.3) is 0 Å². The van der Waals surface area contributed by atoms with Crippen LogP contribution in [0.1, 0.15) is 24.0 Å². The van der Waals surface area contributed by atoms with Crippen LogP contribution in [0.4, 0.5) is 0 Å². The zero-order valence-corrected chi connectivity index (χ0v) is 13.6. The average molecular weight is 312 g/mol. The van der Waals surface area contributed by atoms with Crippen LogP contribution in [0.2, 0.25) is 0 Å². The Morgan fingerprint density at radius 1 is 1.00 bits per heavy atom. The predicted molar refractivity (Wildman–Crippen MR) is 88.7 cm³/mol. The molecule has 5 heteroatoms. The van der Waals surface area contributed by atoms with Gasteiger partial charge < -0.3 is 4.90 Å². The second kappa shape index (κ2) is 7.58. The van der Waals surface area contributed by atoms with Crippen LogP contribution in [0, 0.1) is 11.3 Å². The van der Waals surface area contributed by atoms with Crippen LogP contribution in [0.15, 0.2) is 24.3 Å². The summed E-state index contributed by atoms with van der Waals surface area (Å²) >= 11 is 0. The molecular formula is C18H24N4O. The lowest BCUT2D eigenvalue weighted by Gasteiger charge is -2.35. The normalized spacial score (nSPS) is 19.7. The van der Waals surface area contributed by atoms with E-state index < -0.39 is 0 Å². The van der Waals surface area contributed by atoms with Gasteiger partial charge in [0.25, 0.3) is 0 Å².